The molecule has 0 aromatic heterocycles. The van der Waals surface area contributed by atoms with Gasteiger partial charge in [0.05, 0.1) is 6.10 Å². The number of rotatable bonds is 6. The van der Waals surface area contributed by atoms with Crippen molar-refractivity contribution in [2.45, 2.75) is 58.1 Å². The minimum absolute atomic E-state index is 0. The summed E-state index contributed by atoms with van der Waals surface area (Å²) in [5, 5.41) is 3.43. The molecule has 3 fully saturated rings. The first-order chi connectivity index (χ1) is 10.4. The van der Waals surface area contributed by atoms with Crippen LogP contribution in [0, 0.1) is 0 Å². The van der Waals surface area contributed by atoms with E-state index in [1.807, 2.05) is 0 Å². The summed E-state index contributed by atoms with van der Waals surface area (Å²) in [5.41, 5.74) is 0. The first kappa shape index (κ1) is 18.1. The molecule has 0 aromatic carbocycles. The molecule has 3 aliphatic rings. The molecular formula is C17H35N3O2. The molecule has 0 spiro atoms. The second kappa shape index (κ2) is 9.83. The monoisotopic (exact) mass is 313 g/mol. The maximum absolute atomic E-state index is 5.75. The molecule has 5 nitrogen and oxygen atoms in total. The van der Waals surface area contributed by atoms with Crippen molar-refractivity contribution in [1.82, 2.24) is 15.1 Å². The van der Waals surface area contributed by atoms with Crippen LogP contribution in [0.3, 0.4) is 0 Å². The number of hydrogen-bond acceptors (Lipinski definition) is 5. The summed E-state index contributed by atoms with van der Waals surface area (Å²) < 4.78 is 11.4. The Labute approximate surface area is 136 Å². The van der Waals surface area contributed by atoms with Gasteiger partial charge >= 0.3 is 0 Å². The van der Waals surface area contributed by atoms with Crippen molar-refractivity contribution in [1.29, 1.82) is 0 Å². The predicted octanol–water partition coefficient (Wildman–Crippen LogP) is 1.88. The minimum atomic E-state index is 0. The lowest BCUT2D eigenvalue weighted by molar-refractivity contribution is -0.119. The van der Waals surface area contributed by atoms with Crippen molar-refractivity contribution in [3.63, 3.8) is 0 Å². The molecule has 5 heteroatoms. The average Bonchev–Trinajstić information content (AvgIpc) is 3.06. The van der Waals surface area contributed by atoms with E-state index in [-0.39, 0.29) is 7.43 Å². The first-order valence-corrected chi connectivity index (χ1v) is 8.78. The van der Waals surface area contributed by atoms with Crippen LogP contribution in [0.1, 0.15) is 46.0 Å². The first-order valence-electron chi connectivity index (χ1n) is 8.78. The van der Waals surface area contributed by atoms with Crippen molar-refractivity contribution in [3.8, 4) is 0 Å². The lowest BCUT2D eigenvalue weighted by Gasteiger charge is -2.40. The van der Waals surface area contributed by atoms with Crippen LogP contribution in [-0.4, -0.2) is 74.7 Å². The topological polar surface area (TPSA) is 37.0 Å². The van der Waals surface area contributed by atoms with E-state index in [9.17, 15) is 0 Å². The number of piperidine rings is 1. The summed E-state index contributed by atoms with van der Waals surface area (Å²) in [7, 11) is 0. The minimum Gasteiger partial charge on any atom is -0.352 e. The molecule has 2 heterocycles. The zero-order valence-corrected chi connectivity index (χ0v) is 13.3. The van der Waals surface area contributed by atoms with E-state index >= 15 is 0 Å². The molecule has 2 aliphatic heterocycles. The second-order valence-electron chi connectivity index (χ2n) is 6.66. The SMILES string of the molecule is C.C1CCC(OCOCN2CCC(N3CCNCC3)CC2)C1. The lowest BCUT2D eigenvalue weighted by atomic mass is 10.0. The van der Waals surface area contributed by atoms with Gasteiger partial charge in [-0.3, -0.25) is 9.80 Å². The molecule has 0 aromatic rings. The molecule has 2 saturated heterocycles. The molecule has 1 N–H and O–H groups in total. The van der Waals surface area contributed by atoms with E-state index < -0.39 is 0 Å². The van der Waals surface area contributed by atoms with Gasteiger partial charge < -0.3 is 14.8 Å². The van der Waals surface area contributed by atoms with E-state index in [0.717, 1.165) is 39.0 Å². The van der Waals surface area contributed by atoms with Gasteiger partial charge in [0, 0.05) is 45.3 Å². The molecule has 3 rings (SSSR count). The number of ether oxygens (including phenoxy) is 2. The summed E-state index contributed by atoms with van der Waals surface area (Å²) >= 11 is 0. The summed E-state index contributed by atoms with van der Waals surface area (Å²) in [4.78, 5) is 5.09. The standard InChI is InChI=1S/C16H31N3O2.CH4/c1-2-4-16(3-1)21-14-20-13-18-9-5-15(6-10-18)19-11-7-17-8-12-19;/h15-17H,1-14H2;1H4. The second-order valence-corrected chi connectivity index (χ2v) is 6.66. The Morgan fingerprint density at radius 2 is 1.59 bits per heavy atom. The molecule has 22 heavy (non-hydrogen) atoms. The molecule has 0 unspecified atom stereocenters. The van der Waals surface area contributed by atoms with Gasteiger partial charge in [0.25, 0.3) is 0 Å². The molecule has 0 atom stereocenters. The maximum atomic E-state index is 5.75. The van der Waals surface area contributed by atoms with Gasteiger partial charge in [0.1, 0.15) is 13.5 Å². The van der Waals surface area contributed by atoms with E-state index in [0.29, 0.717) is 12.9 Å². The molecule has 0 amide bonds. The van der Waals surface area contributed by atoms with Gasteiger partial charge in [-0.25, -0.2) is 0 Å². The van der Waals surface area contributed by atoms with Crippen molar-refractivity contribution in [3.05, 3.63) is 0 Å². The average molecular weight is 313 g/mol. The van der Waals surface area contributed by atoms with Crippen LogP contribution in [-0.2, 0) is 9.47 Å². The van der Waals surface area contributed by atoms with Gasteiger partial charge in [-0.05, 0) is 25.7 Å². The third-order valence-corrected chi connectivity index (χ3v) is 5.19. The predicted molar refractivity (Wildman–Crippen MR) is 89.9 cm³/mol. The van der Waals surface area contributed by atoms with Crippen LogP contribution in [0.5, 0.6) is 0 Å². The van der Waals surface area contributed by atoms with Gasteiger partial charge in [-0.2, -0.15) is 0 Å². The Kier molecular flexibility index (Phi) is 8.11. The molecule has 130 valence electrons. The normalized spacial score (nSPS) is 26.2. The largest absolute Gasteiger partial charge is 0.352 e. The highest BCUT2D eigenvalue weighted by molar-refractivity contribution is 4.81. The van der Waals surface area contributed by atoms with Crippen LogP contribution < -0.4 is 5.32 Å². The fourth-order valence-corrected chi connectivity index (χ4v) is 3.83. The van der Waals surface area contributed by atoms with Crippen LogP contribution in [0.15, 0.2) is 0 Å². The van der Waals surface area contributed by atoms with Crippen LogP contribution in [0.4, 0.5) is 0 Å². The highest BCUT2D eigenvalue weighted by Crippen LogP contribution is 2.21. The Morgan fingerprint density at radius 1 is 0.909 bits per heavy atom. The maximum Gasteiger partial charge on any atom is 0.148 e. The summed E-state index contributed by atoms with van der Waals surface area (Å²) in [5.74, 6) is 0. The molecule has 0 radical (unpaired) electrons. The lowest BCUT2D eigenvalue weighted by Crippen LogP contribution is -2.52. The smallest absolute Gasteiger partial charge is 0.148 e. The van der Waals surface area contributed by atoms with E-state index in [2.05, 4.69) is 15.1 Å². The van der Waals surface area contributed by atoms with Gasteiger partial charge in [-0.15, -0.1) is 0 Å². The fraction of sp³-hybridized carbons (Fsp3) is 1.00. The number of nitrogens with zero attached hydrogens (tertiary/aromatic N) is 2. The Balaban J connectivity index is 0.00000176. The Hall–Kier alpha value is -0.200. The highest BCUT2D eigenvalue weighted by atomic mass is 16.7. The van der Waals surface area contributed by atoms with Crippen molar-refractivity contribution >= 4 is 0 Å². The third-order valence-electron chi connectivity index (χ3n) is 5.19. The van der Waals surface area contributed by atoms with E-state index in [1.165, 1.54) is 51.6 Å². The van der Waals surface area contributed by atoms with Crippen LogP contribution >= 0.6 is 0 Å². The molecule has 1 saturated carbocycles. The van der Waals surface area contributed by atoms with Crippen LogP contribution in [0.25, 0.3) is 0 Å². The summed E-state index contributed by atoms with van der Waals surface area (Å²) in [6, 6.07) is 0.790. The molecule has 0 bridgehead atoms. The Morgan fingerprint density at radius 3 is 2.27 bits per heavy atom. The van der Waals surface area contributed by atoms with Crippen molar-refractivity contribution in [2.24, 2.45) is 0 Å². The van der Waals surface area contributed by atoms with Gasteiger partial charge in [0.15, 0.2) is 0 Å². The summed E-state index contributed by atoms with van der Waals surface area (Å²) in [6.07, 6.45) is 8.12. The molecular weight excluding hydrogens is 278 g/mol. The Bertz CT molecular complexity index is 284. The quantitative estimate of drug-likeness (QED) is 0.599. The van der Waals surface area contributed by atoms with E-state index in [4.69, 9.17) is 9.47 Å². The zero-order valence-electron chi connectivity index (χ0n) is 13.3. The zero-order chi connectivity index (χ0) is 14.3. The fourth-order valence-electron chi connectivity index (χ4n) is 3.83. The van der Waals surface area contributed by atoms with E-state index in [1.54, 1.807) is 0 Å². The summed E-state index contributed by atoms with van der Waals surface area (Å²) in [6.45, 7) is 8.29. The van der Waals surface area contributed by atoms with Gasteiger partial charge in [-0.1, -0.05) is 20.3 Å². The van der Waals surface area contributed by atoms with Crippen molar-refractivity contribution in [2.75, 3.05) is 52.8 Å². The number of piperazine rings is 1. The number of nitrogens with one attached hydrogen (secondary N) is 1. The van der Waals surface area contributed by atoms with Crippen molar-refractivity contribution < 1.29 is 9.47 Å². The third kappa shape index (κ3) is 5.46. The highest BCUT2D eigenvalue weighted by Gasteiger charge is 2.25. The van der Waals surface area contributed by atoms with Crippen LogP contribution in [0.2, 0.25) is 0 Å². The van der Waals surface area contributed by atoms with Gasteiger partial charge in [0.2, 0.25) is 0 Å². The number of likely N-dealkylation sites (tertiary alicyclic amines) is 1. The number of hydrogen-bond donors (Lipinski definition) is 1. The molecule has 1 aliphatic carbocycles.